The molecule has 1 aliphatic heterocycles. The van der Waals surface area contributed by atoms with Crippen LogP contribution in [0.3, 0.4) is 0 Å². The van der Waals surface area contributed by atoms with Crippen LogP contribution in [0.2, 0.25) is 0 Å². The largest absolute Gasteiger partial charge is 0.388 e. The van der Waals surface area contributed by atoms with Crippen LogP contribution in [0.4, 0.5) is 11.4 Å². The maximum atomic E-state index is 3.45. The number of aryl methyl sites for hydroxylation is 1. The van der Waals surface area contributed by atoms with Crippen molar-refractivity contribution >= 4 is 11.4 Å². The summed E-state index contributed by atoms with van der Waals surface area (Å²) in [6, 6.07) is 15.3. The molecule has 0 saturated heterocycles. The van der Waals surface area contributed by atoms with E-state index < -0.39 is 0 Å². The Bertz CT molecular complexity index is 561. The Hall–Kier alpha value is -1.96. The van der Waals surface area contributed by atoms with Gasteiger partial charge in [0.2, 0.25) is 0 Å². The first-order chi connectivity index (χ1) is 8.86. The van der Waals surface area contributed by atoms with Crippen LogP contribution in [0.5, 0.6) is 0 Å². The molecule has 2 N–H and O–H groups in total. The number of hydrogen-bond acceptors (Lipinski definition) is 2. The van der Waals surface area contributed by atoms with Gasteiger partial charge in [-0.1, -0.05) is 18.2 Å². The van der Waals surface area contributed by atoms with Gasteiger partial charge >= 0.3 is 0 Å². The van der Waals surface area contributed by atoms with Crippen LogP contribution >= 0.6 is 0 Å². The van der Waals surface area contributed by atoms with Crippen molar-refractivity contribution in [2.45, 2.75) is 12.8 Å². The summed E-state index contributed by atoms with van der Waals surface area (Å²) in [5, 5.41) is 6.64. The van der Waals surface area contributed by atoms with Gasteiger partial charge in [-0.25, -0.2) is 0 Å². The molecule has 2 aromatic rings. The molecule has 0 fully saturated rings. The zero-order chi connectivity index (χ0) is 12.4. The molecular formula is C16H18N2. The zero-order valence-corrected chi connectivity index (χ0v) is 10.7. The standard InChI is InChI=1S/C16H18N2/c1-17-15-6-2-4-12(11-15)13-7-8-16-14(10-13)5-3-9-18-16/h2,4,6-8,10-11,17-18H,3,5,9H2,1H3. The Morgan fingerprint density at radius 3 is 2.83 bits per heavy atom. The second-order valence-electron chi connectivity index (χ2n) is 4.73. The number of rotatable bonds is 2. The fourth-order valence-electron chi connectivity index (χ4n) is 2.51. The summed E-state index contributed by atoms with van der Waals surface area (Å²) in [5.74, 6) is 0. The quantitative estimate of drug-likeness (QED) is 0.832. The summed E-state index contributed by atoms with van der Waals surface area (Å²) in [6.07, 6.45) is 2.41. The molecule has 0 spiro atoms. The van der Waals surface area contributed by atoms with Crippen molar-refractivity contribution in [3.63, 3.8) is 0 Å². The van der Waals surface area contributed by atoms with E-state index in [1.54, 1.807) is 0 Å². The number of nitrogens with one attached hydrogen (secondary N) is 2. The summed E-state index contributed by atoms with van der Waals surface area (Å²) in [5.41, 5.74) is 6.47. The molecule has 0 aromatic heterocycles. The molecule has 0 aliphatic carbocycles. The monoisotopic (exact) mass is 238 g/mol. The molecule has 2 nitrogen and oxygen atoms in total. The number of anilines is 2. The Morgan fingerprint density at radius 1 is 1.06 bits per heavy atom. The van der Waals surface area contributed by atoms with E-state index in [-0.39, 0.29) is 0 Å². The zero-order valence-electron chi connectivity index (χ0n) is 10.7. The van der Waals surface area contributed by atoms with Gasteiger partial charge in [-0.05, 0) is 53.8 Å². The number of hydrogen-bond donors (Lipinski definition) is 2. The predicted molar refractivity (Wildman–Crippen MR) is 78.2 cm³/mol. The van der Waals surface area contributed by atoms with E-state index in [1.807, 2.05) is 7.05 Å². The minimum Gasteiger partial charge on any atom is -0.388 e. The van der Waals surface area contributed by atoms with Gasteiger partial charge in [0, 0.05) is 25.0 Å². The molecule has 1 heterocycles. The second kappa shape index (κ2) is 4.73. The normalized spacial score (nSPS) is 13.6. The summed E-state index contributed by atoms with van der Waals surface area (Å²) < 4.78 is 0. The lowest BCUT2D eigenvalue weighted by Gasteiger charge is -2.18. The molecule has 2 heteroatoms. The summed E-state index contributed by atoms with van der Waals surface area (Å²) in [7, 11) is 1.95. The van der Waals surface area contributed by atoms with Crippen LogP contribution < -0.4 is 10.6 Å². The molecule has 0 unspecified atom stereocenters. The molecule has 2 aromatic carbocycles. The fraction of sp³-hybridized carbons (Fsp3) is 0.250. The van der Waals surface area contributed by atoms with Crippen molar-refractivity contribution in [2.24, 2.45) is 0 Å². The van der Waals surface area contributed by atoms with Gasteiger partial charge in [0.1, 0.15) is 0 Å². The molecular weight excluding hydrogens is 220 g/mol. The van der Waals surface area contributed by atoms with Gasteiger partial charge in [0.05, 0.1) is 0 Å². The van der Waals surface area contributed by atoms with Crippen LogP contribution in [0.15, 0.2) is 42.5 Å². The lowest BCUT2D eigenvalue weighted by atomic mass is 9.97. The third kappa shape index (κ3) is 2.06. The highest BCUT2D eigenvalue weighted by molar-refractivity contribution is 5.71. The van der Waals surface area contributed by atoms with E-state index in [4.69, 9.17) is 0 Å². The van der Waals surface area contributed by atoms with Crippen molar-refractivity contribution in [1.82, 2.24) is 0 Å². The lowest BCUT2D eigenvalue weighted by Crippen LogP contribution is -2.11. The maximum absolute atomic E-state index is 3.45. The highest BCUT2D eigenvalue weighted by Gasteiger charge is 2.09. The average Bonchev–Trinajstić information content (AvgIpc) is 2.47. The second-order valence-corrected chi connectivity index (χ2v) is 4.73. The van der Waals surface area contributed by atoms with Gasteiger partial charge < -0.3 is 10.6 Å². The third-order valence-electron chi connectivity index (χ3n) is 3.53. The maximum Gasteiger partial charge on any atom is 0.0373 e. The molecule has 18 heavy (non-hydrogen) atoms. The summed E-state index contributed by atoms with van der Waals surface area (Å²) in [6.45, 7) is 1.10. The molecule has 3 rings (SSSR count). The van der Waals surface area contributed by atoms with E-state index in [0.717, 1.165) is 12.2 Å². The molecule has 0 saturated carbocycles. The van der Waals surface area contributed by atoms with Crippen molar-refractivity contribution < 1.29 is 0 Å². The molecule has 92 valence electrons. The van der Waals surface area contributed by atoms with Crippen molar-refractivity contribution in [1.29, 1.82) is 0 Å². The fourth-order valence-corrected chi connectivity index (χ4v) is 2.51. The molecule has 0 atom stereocenters. The smallest absolute Gasteiger partial charge is 0.0373 e. The highest BCUT2D eigenvalue weighted by Crippen LogP contribution is 2.29. The van der Waals surface area contributed by atoms with Crippen LogP contribution in [0, 0.1) is 0 Å². The van der Waals surface area contributed by atoms with Crippen LogP contribution in [-0.2, 0) is 6.42 Å². The van der Waals surface area contributed by atoms with E-state index >= 15 is 0 Å². The minimum atomic E-state index is 1.10. The molecule has 0 bridgehead atoms. The molecule has 1 aliphatic rings. The third-order valence-corrected chi connectivity index (χ3v) is 3.53. The summed E-state index contributed by atoms with van der Waals surface area (Å²) >= 11 is 0. The Labute approximate surface area is 108 Å². The van der Waals surface area contributed by atoms with E-state index in [9.17, 15) is 0 Å². The van der Waals surface area contributed by atoms with Crippen LogP contribution in [0.1, 0.15) is 12.0 Å². The predicted octanol–water partition coefficient (Wildman–Crippen LogP) is 3.75. The topological polar surface area (TPSA) is 24.1 Å². The molecule has 0 radical (unpaired) electrons. The number of fused-ring (bicyclic) bond motifs is 1. The van der Waals surface area contributed by atoms with Gasteiger partial charge in [-0.2, -0.15) is 0 Å². The average molecular weight is 238 g/mol. The van der Waals surface area contributed by atoms with Gasteiger partial charge in [-0.15, -0.1) is 0 Å². The first kappa shape index (κ1) is 11.1. The Kier molecular flexibility index (Phi) is 2.93. The Morgan fingerprint density at radius 2 is 1.94 bits per heavy atom. The lowest BCUT2D eigenvalue weighted by molar-refractivity contribution is 0.830. The van der Waals surface area contributed by atoms with Gasteiger partial charge in [0.15, 0.2) is 0 Å². The van der Waals surface area contributed by atoms with E-state index in [1.165, 1.54) is 35.2 Å². The Balaban J connectivity index is 2.00. The first-order valence-corrected chi connectivity index (χ1v) is 6.52. The van der Waals surface area contributed by atoms with Crippen molar-refractivity contribution in [3.8, 4) is 11.1 Å². The molecule has 0 amide bonds. The van der Waals surface area contributed by atoms with E-state index in [2.05, 4.69) is 53.1 Å². The van der Waals surface area contributed by atoms with Crippen LogP contribution in [0.25, 0.3) is 11.1 Å². The minimum absolute atomic E-state index is 1.10. The van der Waals surface area contributed by atoms with Crippen LogP contribution in [-0.4, -0.2) is 13.6 Å². The van der Waals surface area contributed by atoms with E-state index in [0.29, 0.717) is 0 Å². The number of benzene rings is 2. The van der Waals surface area contributed by atoms with Crippen molar-refractivity contribution in [3.05, 3.63) is 48.0 Å². The van der Waals surface area contributed by atoms with Crippen molar-refractivity contribution in [2.75, 3.05) is 24.2 Å². The summed E-state index contributed by atoms with van der Waals surface area (Å²) in [4.78, 5) is 0. The first-order valence-electron chi connectivity index (χ1n) is 6.52. The highest BCUT2D eigenvalue weighted by atomic mass is 14.9. The van der Waals surface area contributed by atoms with Gasteiger partial charge in [-0.3, -0.25) is 0 Å². The SMILES string of the molecule is CNc1cccc(-c2ccc3c(c2)CCCN3)c1. The van der Waals surface area contributed by atoms with Gasteiger partial charge in [0.25, 0.3) is 0 Å².